The van der Waals surface area contributed by atoms with Crippen LogP contribution in [0.5, 0.6) is 5.75 Å². The van der Waals surface area contributed by atoms with Gasteiger partial charge >= 0.3 is 0 Å². The van der Waals surface area contributed by atoms with Gasteiger partial charge in [0, 0.05) is 23.8 Å². The molecule has 7 nitrogen and oxygen atoms in total. The van der Waals surface area contributed by atoms with E-state index in [1.807, 2.05) is 0 Å². The molecule has 4 rings (SSSR count). The van der Waals surface area contributed by atoms with E-state index in [9.17, 15) is 18.9 Å². The highest BCUT2D eigenvalue weighted by Gasteiger charge is 2.15. The number of nitrogens with zero attached hydrogens (tertiary/aromatic N) is 3. The van der Waals surface area contributed by atoms with Gasteiger partial charge in [-0.1, -0.05) is 17.3 Å². The summed E-state index contributed by atoms with van der Waals surface area (Å²) < 4.78 is 37.7. The monoisotopic (exact) mass is 409 g/mol. The number of nitro benzene ring substituents is 1. The lowest BCUT2D eigenvalue weighted by molar-refractivity contribution is -0.384. The van der Waals surface area contributed by atoms with Crippen molar-refractivity contribution in [3.63, 3.8) is 0 Å². The first-order valence-electron chi connectivity index (χ1n) is 8.75. The highest BCUT2D eigenvalue weighted by Crippen LogP contribution is 2.26. The Bertz CT molecular complexity index is 1210. The summed E-state index contributed by atoms with van der Waals surface area (Å²) in [5.74, 6) is -0.780. The summed E-state index contributed by atoms with van der Waals surface area (Å²) in [5, 5.41) is 14.7. The Labute approximate surface area is 168 Å². The van der Waals surface area contributed by atoms with Crippen LogP contribution in [0, 0.1) is 21.7 Å². The average Bonchev–Trinajstić information content (AvgIpc) is 3.23. The Balaban J connectivity index is 1.46. The molecule has 4 aromatic rings. The lowest BCUT2D eigenvalue weighted by atomic mass is 10.2. The fourth-order valence-corrected chi connectivity index (χ4v) is 2.74. The van der Waals surface area contributed by atoms with Gasteiger partial charge in [0.2, 0.25) is 5.82 Å². The van der Waals surface area contributed by atoms with E-state index in [-0.39, 0.29) is 29.6 Å². The van der Waals surface area contributed by atoms with Gasteiger partial charge in [-0.3, -0.25) is 10.1 Å². The fraction of sp³-hybridized carbons (Fsp3) is 0.0476. The Kier molecular flexibility index (Phi) is 5.17. The van der Waals surface area contributed by atoms with Gasteiger partial charge in [0.05, 0.1) is 10.5 Å². The van der Waals surface area contributed by atoms with E-state index < -0.39 is 16.6 Å². The summed E-state index contributed by atoms with van der Waals surface area (Å²) in [4.78, 5) is 14.5. The van der Waals surface area contributed by atoms with Gasteiger partial charge < -0.3 is 9.26 Å². The topological polar surface area (TPSA) is 91.3 Å². The molecule has 3 aromatic carbocycles. The molecule has 30 heavy (non-hydrogen) atoms. The minimum absolute atomic E-state index is 0.00282. The molecule has 0 saturated carbocycles. The van der Waals surface area contributed by atoms with Gasteiger partial charge in [0.25, 0.3) is 11.6 Å². The van der Waals surface area contributed by atoms with Gasteiger partial charge in [-0.15, -0.1) is 0 Å². The number of nitro groups is 1. The van der Waals surface area contributed by atoms with Gasteiger partial charge in [-0.05, 0) is 42.0 Å². The van der Waals surface area contributed by atoms with Crippen LogP contribution < -0.4 is 4.74 Å². The number of benzene rings is 3. The van der Waals surface area contributed by atoms with E-state index in [1.54, 1.807) is 36.4 Å². The molecule has 0 N–H and O–H groups in total. The molecule has 0 bridgehead atoms. The van der Waals surface area contributed by atoms with E-state index in [1.165, 1.54) is 18.2 Å². The highest BCUT2D eigenvalue weighted by atomic mass is 19.1. The molecule has 0 atom stereocenters. The summed E-state index contributed by atoms with van der Waals surface area (Å²) in [7, 11) is 0. The molecule has 0 aliphatic heterocycles. The second kappa shape index (κ2) is 8.08. The molecule has 0 radical (unpaired) electrons. The third-order valence-corrected chi connectivity index (χ3v) is 4.23. The van der Waals surface area contributed by atoms with Crippen LogP contribution in [0.25, 0.3) is 22.8 Å². The Morgan fingerprint density at radius 3 is 2.57 bits per heavy atom. The maximum Gasteiger partial charge on any atom is 0.269 e. The van der Waals surface area contributed by atoms with E-state index in [2.05, 4.69) is 10.1 Å². The average molecular weight is 409 g/mol. The summed E-state index contributed by atoms with van der Waals surface area (Å²) in [5.41, 5.74) is 1.27. The minimum atomic E-state index is -0.796. The largest absolute Gasteiger partial charge is 0.489 e. The predicted molar refractivity (Wildman–Crippen MR) is 103 cm³/mol. The number of aromatic nitrogens is 2. The molecule has 0 amide bonds. The molecular weight excluding hydrogens is 396 g/mol. The fourth-order valence-electron chi connectivity index (χ4n) is 2.74. The van der Waals surface area contributed by atoms with E-state index in [0.717, 1.165) is 12.1 Å². The van der Waals surface area contributed by atoms with Crippen LogP contribution in [0.4, 0.5) is 14.5 Å². The van der Waals surface area contributed by atoms with Crippen LogP contribution in [-0.4, -0.2) is 15.1 Å². The highest BCUT2D eigenvalue weighted by molar-refractivity contribution is 5.60. The van der Waals surface area contributed by atoms with E-state index >= 15 is 0 Å². The summed E-state index contributed by atoms with van der Waals surface area (Å²) in [6, 6.07) is 16.0. The Morgan fingerprint density at radius 2 is 1.83 bits per heavy atom. The number of rotatable bonds is 6. The molecule has 1 heterocycles. The minimum Gasteiger partial charge on any atom is -0.489 e. The molecule has 0 aliphatic carbocycles. The molecule has 0 fully saturated rings. The summed E-state index contributed by atoms with van der Waals surface area (Å²) in [6.07, 6.45) is 0. The number of non-ortho nitro benzene ring substituents is 1. The van der Waals surface area contributed by atoms with Crippen LogP contribution in [0.15, 0.2) is 71.3 Å². The van der Waals surface area contributed by atoms with Crippen LogP contribution in [0.3, 0.4) is 0 Å². The SMILES string of the molecule is O=[N+]([O-])c1cccc(COc2ccc(-c3noc(-c4ccc(F)cc4F)n3)cc2)c1. The maximum absolute atomic E-state index is 13.9. The first-order chi connectivity index (χ1) is 14.5. The normalized spacial score (nSPS) is 10.7. The molecule has 0 spiro atoms. The van der Waals surface area contributed by atoms with Crippen molar-refractivity contribution in [2.24, 2.45) is 0 Å². The van der Waals surface area contributed by atoms with Gasteiger partial charge in [-0.25, -0.2) is 8.78 Å². The zero-order chi connectivity index (χ0) is 21.1. The van der Waals surface area contributed by atoms with Crippen molar-refractivity contribution in [1.82, 2.24) is 10.1 Å². The quantitative estimate of drug-likeness (QED) is 0.322. The number of hydrogen-bond donors (Lipinski definition) is 0. The molecule has 1 aromatic heterocycles. The van der Waals surface area contributed by atoms with Crippen molar-refractivity contribution >= 4 is 5.69 Å². The summed E-state index contributed by atoms with van der Waals surface area (Å²) >= 11 is 0. The lowest BCUT2D eigenvalue weighted by Crippen LogP contribution is -1.97. The zero-order valence-corrected chi connectivity index (χ0v) is 15.3. The first-order valence-corrected chi connectivity index (χ1v) is 8.75. The van der Waals surface area contributed by atoms with Crippen molar-refractivity contribution in [1.29, 1.82) is 0 Å². The molecule has 150 valence electrons. The molecule has 9 heteroatoms. The molecule has 0 aliphatic rings. The van der Waals surface area contributed by atoms with Gasteiger partial charge in [0.15, 0.2) is 0 Å². The standard InChI is InChI=1S/C21H13F2N3O4/c22-15-6-9-18(19(23)11-15)21-24-20(25-30-21)14-4-7-17(8-5-14)29-12-13-2-1-3-16(10-13)26(27)28/h1-11H,12H2. The second-order valence-corrected chi connectivity index (χ2v) is 6.29. The van der Waals surface area contributed by atoms with Gasteiger partial charge in [0.1, 0.15) is 24.0 Å². The summed E-state index contributed by atoms with van der Waals surface area (Å²) in [6.45, 7) is 0.164. The van der Waals surface area contributed by atoms with Crippen molar-refractivity contribution in [2.45, 2.75) is 6.61 Å². The third-order valence-electron chi connectivity index (χ3n) is 4.23. The van der Waals surface area contributed by atoms with Crippen LogP contribution in [0.1, 0.15) is 5.56 Å². The zero-order valence-electron chi connectivity index (χ0n) is 15.3. The van der Waals surface area contributed by atoms with Crippen molar-refractivity contribution in [2.75, 3.05) is 0 Å². The van der Waals surface area contributed by atoms with Crippen molar-refractivity contribution in [3.05, 3.63) is 94.0 Å². The van der Waals surface area contributed by atoms with Crippen molar-refractivity contribution in [3.8, 4) is 28.6 Å². The van der Waals surface area contributed by atoms with Gasteiger partial charge in [-0.2, -0.15) is 4.98 Å². The third kappa shape index (κ3) is 4.14. The molecule has 0 saturated heterocycles. The lowest BCUT2D eigenvalue weighted by Gasteiger charge is -2.06. The van der Waals surface area contributed by atoms with E-state index in [4.69, 9.17) is 9.26 Å². The number of hydrogen-bond acceptors (Lipinski definition) is 6. The first kappa shape index (κ1) is 19.2. The van der Waals surface area contributed by atoms with E-state index in [0.29, 0.717) is 16.9 Å². The van der Waals surface area contributed by atoms with Crippen LogP contribution >= 0.6 is 0 Å². The Morgan fingerprint density at radius 1 is 1.03 bits per heavy atom. The number of halogens is 2. The van der Waals surface area contributed by atoms with Crippen LogP contribution in [0.2, 0.25) is 0 Å². The second-order valence-electron chi connectivity index (χ2n) is 6.29. The smallest absolute Gasteiger partial charge is 0.269 e. The molecule has 0 unspecified atom stereocenters. The maximum atomic E-state index is 13.9. The Hall–Kier alpha value is -4.14. The van der Waals surface area contributed by atoms with Crippen LogP contribution in [-0.2, 0) is 6.61 Å². The predicted octanol–water partition coefficient (Wildman–Crippen LogP) is 5.17. The molecular formula is C21H13F2N3O4. The van der Waals surface area contributed by atoms with Crippen molar-refractivity contribution < 1.29 is 23.0 Å². The number of ether oxygens (including phenoxy) is 1.